The van der Waals surface area contributed by atoms with Crippen molar-refractivity contribution in [2.45, 2.75) is 6.04 Å². The van der Waals surface area contributed by atoms with Gasteiger partial charge in [-0.05, 0) is 29.3 Å². The van der Waals surface area contributed by atoms with Crippen LogP contribution in [0.1, 0.15) is 17.2 Å². The summed E-state index contributed by atoms with van der Waals surface area (Å²) in [6.07, 6.45) is 2.56. The molecule has 3 N–H and O–H groups in total. The first kappa shape index (κ1) is 13.4. The molecule has 6 heteroatoms. The summed E-state index contributed by atoms with van der Waals surface area (Å²) in [7, 11) is 1.38. The first-order chi connectivity index (χ1) is 9.15. The number of nitrogens with one attached hydrogen (secondary N) is 1. The molecule has 1 aromatic heterocycles. The third-order valence-electron chi connectivity index (χ3n) is 2.74. The molecule has 2 rings (SSSR count). The number of aromatic nitrogens is 1. The molecule has 0 bridgehead atoms. The lowest BCUT2D eigenvalue weighted by molar-refractivity contribution is 0.385. The zero-order valence-electron chi connectivity index (χ0n) is 10.2. The van der Waals surface area contributed by atoms with Gasteiger partial charge in [0.05, 0.1) is 19.3 Å². The highest BCUT2D eigenvalue weighted by atomic mass is 19.1. The summed E-state index contributed by atoms with van der Waals surface area (Å²) in [5, 5.41) is 0. The normalized spacial score (nSPS) is 12.2. The molecule has 0 amide bonds. The molecule has 0 aliphatic heterocycles. The maximum absolute atomic E-state index is 13.7. The lowest BCUT2D eigenvalue weighted by atomic mass is 10.0. The Morgan fingerprint density at radius 1 is 1.21 bits per heavy atom. The van der Waals surface area contributed by atoms with E-state index in [0.29, 0.717) is 11.1 Å². The summed E-state index contributed by atoms with van der Waals surface area (Å²) >= 11 is 0. The van der Waals surface area contributed by atoms with E-state index in [1.807, 2.05) is 0 Å². The van der Waals surface area contributed by atoms with Crippen molar-refractivity contribution in [3.05, 3.63) is 59.4 Å². The van der Waals surface area contributed by atoms with Gasteiger partial charge >= 0.3 is 0 Å². The lowest BCUT2D eigenvalue weighted by Gasteiger charge is -2.17. The number of methoxy groups -OCH3 is 1. The van der Waals surface area contributed by atoms with Crippen LogP contribution < -0.4 is 16.0 Å². The molecular weight excluding hydrogens is 252 g/mol. The van der Waals surface area contributed by atoms with E-state index in [-0.39, 0.29) is 5.75 Å². The summed E-state index contributed by atoms with van der Waals surface area (Å²) < 4.78 is 31.7. The monoisotopic (exact) mass is 265 g/mol. The van der Waals surface area contributed by atoms with E-state index in [1.165, 1.54) is 31.5 Å². The largest absolute Gasteiger partial charge is 0.494 e. The van der Waals surface area contributed by atoms with Crippen molar-refractivity contribution in [2.75, 3.05) is 7.11 Å². The Morgan fingerprint density at radius 3 is 2.58 bits per heavy atom. The molecule has 4 nitrogen and oxygen atoms in total. The van der Waals surface area contributed by atoms with E-state index in [1.54, 1.807) is 6.07 Å². The van der Waals surface area contributed by atoms with E-state index in [0.717, 1.165) is 6.20 Å². The van der Waals surface area contributed by atoms with Crippen LogP contribution in [0.15, 0.2) is 36.7 Å². The van der Waals surface area contributed by atoms with Crippen LogP contribution in [-0.4, -0.2) is 12.1 Å². The molecular formula is C13H13F2N3O. The number of hydrazine groups is 1. The number of rotatable bonds is 4. The van der Waals surface area contributed by atoms with Gasteiger partial charge in [-0.15, -0.1) is 0 Å². The highest BCUT2D eigenvalue weighted by Gasteiger charge is 2.15. The molecule has 0 saturated carbocycles. The summed E-state index contributed by atoms with van der Waals surface area (Å²) in [5.41, 5.74) is 3.57. The van der Waals surface area contributed by atoms with Gasteiger partial charge in [0.15, 0.2) is 11.6 Å². The standard InChI is InChI=1S/C13H13F2N3O/c1-19-12-3-2-8(5-11(12)15)13(18-16)9-4-10(14)7-17-6-9/h2-7,13,18H,16H2,1H3. The smallest absolute Gasteiger partial charge is 0.165 e. The maximum Gasteiger partial charge on any atom is 0.165 e. The van der Waals surface area contributed by atoms with Gasteiger partial charge in [-0.3, -0.25) is 10.8 Å². The fourth-order valence-corrected chi connectivity index (χ4v) is 1.83. The van der Waals surface area contributed by atoms with E-state index >= 15 is 0 Å². The highest BCUT2D eigenvalue weighted by Crippen LogP contribution is 2.25. The zero-order valence-corrected chi connectivity index (χ0v) is 10.2. The number of nitrogens with two attached hydrogens (primary N) is 1. The molecule has 0 radical (unpaired) electrons. The lowest BCUT2D eigenvalue weighted by Crippen LogP contribution is -2.29. The summed E-state index contributed by atoms with van der Waals surface area (Å²) in [6.45, 7) is 0. The number of benzene rings is 1. The molecule has 0 aliphatic carbocycles. The Bertz CT molecular complexity index is 578. The fourth-order valence-electron chi connectivity index (χ4n) is 1.83. The van der Waals surface area contributed by atoms with E-state index in [2.05, 4.69) is 10.4 Å². The molecule has 0 spiro atoms. The van der Waals surface area contributed by atoms with E-state index in [4.69, 9.17) is 10.6 Å². The number of halogens is 2. The molecule has 0 saturated heterocycles. The van der Waals surface area contributed by atoms with Crippen LogP contribution >= 0.6 is 0 Å². The van der Waals surface area contributed by atoms with Crippen molar-refractivity contribution in [1.29, 1.82) is 0 Å². The van der Waals surface area contributed by atoms with Crippen molar-refractivity contribution in [1.82, 2.24) is 10.4 Å². The van der Waals surface area contributed by atoms with Crippen molar-refractivity contribution < 1.29 is 13.5 Å². The van der Waals surface area contributed by atoms with Crippen molar-refractivity contribution >= 4 is 0 Å². The first-order valence-corrected chi connectivity index (χ1v) is 5.55. The second kappa shape index (κ2) is 5.73. The van der Waals surface area contributed by atoms with Crippen LogP contribution in [0.4, 0.5) is 8.78 Å². The number of hydrogen-bond acceptors (Lipinski definition) is 4. The van der Waals surface area contributed by atoms with Crippen LogP contribution in [-0.2, 0) is 0 Å². The zero-order chi connectivity index (χ0) is 13.8. The van der Waals surface area contributed by atoms with Crippen LogP contribution in [0, 0.1) is 11.6 Å². The average Bonchev–Trinajstić information content (AvgIpc) is 2.40. The minimum atomic E-state index is -0.552. The molecule has 1 unspecified atom stereocenters. The topological polar surface area (TPSA) is 60.2 Å². The maximum atomic E-state index is 13.7. The van der Waals surface area contributed by atoms with Gasteiger partial charge in [0, 0.05) is 6.20 Å². The molecule has 100 valence electrons. The van der Waals surface area contributed by atoms with Gasteiger partial charge < -0.3 is 4.74 Å². The summed E-state index contributed by atoms with van der Waals surface area (Å²) in [4.78, 5) is 3.75. The van der Waals surface area contributed by atoms with Crippen molar-refractivity contribution in [2.24, 2.45) is 5.84 Å². The average molecular weight is 265 g/mol. The van der Waals surface area contributed by atoms with Crippen LogP contribution in [0.3, 0.4) is 0 Å². The minimum absolute atomic E-state index is 0.136. The molecule has 0 fully saturated rings. The van der Waals surface area contributed by atoms with Gasteiger partial charge in [-0.25, -0.2) is 14.2 Å². The molecule has 19 heavy (non-hydrogen) atoms. The molecule has 1 heterocycles. The first-order valence-electron chi connectivity index (χ1n) is 5.55. The second-order valence-corrected chi connectivity index (χ2v) is 3.93. The van der Waals surface area contributed by atoms with Crippen LogP contribution in [0.25, 0.3) is 0 Å². The number of pyridine rings is 1. The second-order valence-electron chi connectivity index (χ2n) is 3.93. The number of nitrogens with zero attached hydrogens (tertiary/aromatic N) is 1. The summed E-state index contributed by atoms with van der Waals surface area (Å²) in [5.74, 6) is 4.60. The molecule has 1 aromatic carbocycles. The van der Waals surface area contributed by atoms with Gasteiger partial charge in [0.25, 0.3) is 0 Å². The fraction of sp³-hybridized carbons (Fsp3) is 0.154. The molecule has 0 aliphatic rings. The Hall–Kier alpha value is -2.05. The van der Waals surface area contributed by atoms with E-state index < -0.39 is 17.7 Å². The van der Waals surface area contributed by atoms with Gasteiger partial charge in [-0.1, -0.05) is 6.07 Å². The third kappa shape index (κ3) is 2.86. The molecule has 2 aromatic rings. The Balaban J connectivity index is 2.39. The van der Waals surface area contributed by atoms with Crippen molar-refractivity contribution in [3.8, 4) is 5.75 Å². The number of hydrogen-bond donors (Lipinski definition) is 2. The van der Waals surface area contributed by atoms with Crippen LogP contribution in [0.5, 0.6) is 5.75 Å². The van der Waals surface area contributed by atoms with Gasteiger partial charge in [-0.2, -0.15) is 0 Å². The van der Waals surface area contributed by atoms with Gasteiger partial charge in [0.1, 0.15) is 5.82 Å². The predicted molar refractivity (Wildman–Crippen MR) is 66.3 cm³/mol. The predicted octanol–water partition coefficient (Wildman–Crippen LogP) is 1.92. The Morgan fingerprint density at radius 2 is 2.00 bits per heavy atom. The summed E-state index contributed by atoms with van der Waals surface area (Å²) in [6, 6.07) is 5.16. The SMILES string of the molecule is COc1ccc(C(NN)c2cncc(F)c2)cc1F. The Labute approximate surface area is 109 Å². The van der Waals surface area contributed by atoms with E-state index in [9.17, 15) is 8.78 Å². The highest BCUT2D eigenvalue weighted by molar-refractivity contribution is 5.35. The molecule has 1 atom stereocenters. The minimum Gasteiger partial charge on any atom is -0.494 e. The third-order valence-corrected chi connectivity index (χ3v) is 2.74. The van der Waals surface area contributed by atoms with Crippen LogP contribution in [0.2, 0.25) is 0 Å². The Kier molecular flexibility index (Phi) is 4.03. The van der Waals surface area contributed by atoms with Gasteiger partial charge in [0.2, 0.25) is 0 Å². The quantitative estimate of drug-likeness (QED) is 0.655. The van der Waals surface area contributed by atoms with Crippen molar-refractivity contribution in [3.63, 3.8) is 0 Å². The number of ether oxygens (including phenoxy) is 1.